The van der Waals surface area contributed by atoms with Gasteiger partial charge < -0.3 is 10.4 Å². The number of hydrogen-bond donors (Lipinski definition) is 2. The molecule has 0 radical (unpaired) electrons. The summed E-state index contributed by atoms with van der Waals surface area (Å²) in [5, 5.41) is 21.9. The summed E-state index contributed by atoms with van der Waals surface area (Å²) in [5.74, 6) is 0.286. The van der Waals surface area contributed by atoms with E-state index in [-0.39, 0.29) is 11.8 Å². The largest absolute Gasteiger partial charge is 0.508 e. The number of nitrogens with one attached hydrogen (secondary N) is 1. The number of piperidine rings is 1. The van der Waals surface area contributed by atoms with Crippen molar-refractivity contribution in [3.8, 4) is 11.8 Å². The number of phenolic OH excluding ortho intramolecular Hbond substituents is 1. The Morgan fingerprint density at radius 1 is 1.40 bits per heavy atom. The lowest BCUT2D eigenvalue weighted by atomic mass is 9.95. The molecule has 1 aliphatic heterocycles. The Kier molecular flexibility index (Phi) is 2.89. The van der Waals surface area contributed by atoms with Crippen LogP contribution in [0.5, 0.6) is 5.75 Å². The number of nitriles is 1. The van der Waals surface area contributed by atoms with Crippen LogP contribution in [0.15, 0.2) is 18.2 Å². The molecule has 1 aromatic carbocycles. The highest BCUT2D eigenvalue weighted by Crippen LogP contribution is 2.30. The summed E-state index contributed by atoms with van der Waals surface area (Å²) in [6.07, 6.45) is 3.39. The Balaban J connectivity index is 2.29. The molecule has 2 rings (SSSR count). The fraction of sp³-hybridized carbons (Fsp3) is 0.417. The third-order valence-corrected chi connectivity index (χ3v) is 2.84. The Hall–Kier alpha value is -1.53. The molecule has 1 aliphatic rings. The van der Waals surface area contributed by atoms with E-state index in [0.29, 0.717) is 5.56 Å². The van der Waals surface area contributed by atoms with E-state index in [4.69, 9.17) is 5.26 Å². The second-order valence-corrected chi connectivity index (χ2v) is 3.89. The van der Waals surface area contributed by atoms with Crippen molar-refractivity contribution in [1.29, 1.82) is 5.26 Å². The SMILES string of the molecule is N#Cc1ccc(O)c([C@H]2CCCCN2)c1. The Morgan fingerprint density at radius 2 is 2.27 bits per heavy atom. The van der Waals surface area contributed by atoms with E-state index in [9.17, 15) is 5.11 Å². The predicted octanol–water partition coefficient (Wildman–Crippen LogP) is 2.08. The fourth-order valence-corrected chi connectivity index (χ4v) is 2.02. The van der Waals surface area contributed by atoms with Crippen molar-refractivity contribution < 1.29 is 5.11 Å². The van der Waals surface area contributed by atoms with Crippen LogP contribution in [0.25, 0.3) is 0 Å². The molecule has 3 heteroatoms. The van der Waals surface area contributed by atoms with Crippen LogP contribution in [0.1, 0.15) is 36.4 Å². The van der Waals surface area contributed by atoms with Crippen LogP contribution in [-0.4, -0.2) is 11.7 Å². The van der Waals surface area contributed by atoms with Gasteiger partial charge in [-0.1, -0.05) is 6.42 Å². The summed E-state index contributed by atoms with van der Waals surface area (Å²) in [4.78, 5) is 0. The number of nitrogens with zero attached hydrogens (tertiary/aromatic N) is 1. The van der Waals surface area contributed by atoms with Crippen molar-refractivity contribution in [3.63, 3.8) is 0 Å². The van der Waals surface area contributed by atoms with Crippen LogP contribution in [0.2, 0.25) is 0 Å². The first kappa shape index (κ1) is 10.0. The highest BCUT2D eigenvalue weighted by Gasteiger charge is 2.17. The van der Waals surface area contributed by atoms with E-state index >= 15 is 0 Å². The zero-order valence-electron chi connectivity index (χ0n) is 8.53. The number of benzene rings is 1. The molecule has 0 aliphatic carbocycles. The molecule has 1 fully saturated rings. The van der Waals surface area contributed by atoms with E-state index < -0.39 is 0 Å². The minimum atomic E-state index is 0.201. The topological polar surface area (TPSA) is 56.0 Å². The number of aromatic hydroxyl groups is 1. The van der Waals surface area contributed by atoms with Crippen LogP contribution < -0.4 is 5.32 Å². The van der Waals surface area contributed by atoms with Crippen molar-refractivity contribution in [2.45, 2.75) is 25.3 Å². The van der Waals surface area contributed by atoms with E-state index in [1.807, 2.05) is 0 Å². The highest BCUT2D eigenvalue weighted by atomic mass is 16.3. The molecule has 1 aromatic rings. The second-order valence-electron chi connectivity index (χ2n) is 3.89. The van der Waals surface area contributed by atoms with Crippen molar-refractivity contribution in [2.24, 2.45) is 0 Å². The van der Waals surface area contributed by atoms with E-state index in [2.05, 4.69) is 11.4 Å². The van der Waals surface area contributed by atoms with Crippen LogP contribution in [0, 0.1) is 11.3 Å². The Morgan fingerprint density at radius 3 is 2.93 bits per heavy atom. The highest BCUT2D eigenvalue weighted by molar-refractivity contribution is 5.43. The second kappa shape index (κ2) is 4.33. The van der Waals surface area contributed by atoms with Gasteiger partial charge >= 0.3 is 0 Å². The molecule has 0 aromatic heterocycles. The van der Waals surface area contributed by atoms with E-state index in [1.165, 1.54) is 12.8 Å². The summed E-state index contributed by atoms with van der Waals surface area (Å²) in [6, 6.07) is 7.31. The molecule has 0 amide bonds. The summed E-state index contributed by atoms with van der Waals surface area (Å²) in [6.45, 7) is 0.987. The first-order valence-corrected chi connectivity index (χ1v) is 5.27. The summed E-state index contributed by atoms with van der Waals surface area (Å²) < 4.78 is 0. The summed E-state index contributed by atoms with van der Waals surface area (Å²) in [5.41, 5.74) is 1.46. The quantitative estimate of drug-likeness (QED) is 0.733. The normalized spacial score (nSPS) is 20.9. The lowest BCUT2D eigenvalue weighted by Gasteiger charge is -2.24. The van der Waals surface area contributed by atoms with Crippen LogP contribution in [-0.2, 0) is 0 Å². The third kappa shape index (κ3) is 2.11. The number of rotatable bonds is 1. The smallest absolute Gasteiger partial charge is 0.120 e. The van der Waals surface area contributed by atoms with Crippen LogP contribution in [0.4, 0.5) is 0 Å². The molecule has 0 unspecified atom stereocenters. The summed E-state index contributed by atoms with van der Waals surface area (Å²) in [7, 11) is 0. The molecule has 0 bridgehead atoms. The van der Waals surface area contributed by atoms with Gasteiger partial charge in [-0.15, -0.1) is 0 Å². The van der Waals surface area contributed by atoms with Gasteiger partial charge in [0, 0.05) is 11.6 Å². The van der Waals surface area contributed by atoms with Gasteiger partial charge in [-0.05, 0) is 37.6 Å². The predicted molar refractivity (Wildman–Crippen MR) is 57.4 cm³/mol. The molecule has 1 heterocycles. The maximum absolute atomic E-state index is 9.73. The molecule has 2 N–H and O–H groups in total. The third-order valence-electron chi connectivity index (χ3n) is 2.84. The minimum Gasteiger partial charge on any atom is -0.508 e. The van der Waals surface area contributed by atoms with Gasteiger partial charge in [0.1, 0.15) is 5.75 Å². The molecule has 0 spiro atoms. The molecule has 15 heavy (non-hydrogen) atoms. The fourth-order valence-electron chi connectivity index (χ4n) is 2.02. The molecule has 0 saturated carbocycles. The van der Waals surface area contributed by atoms with E-state index in [0.717, 1.165) is 18.5 Å². The first-order chi connectivity index (χ1) is 7.31. The van der Waals surface area contributed by atoms with Crippen molar-refractivity contribution >= 4 is 0 Å². The average Bonchev–Trinajstić information content (AvgIpc) is 2.31. The van der Waals surface area contributed by atoms with Crippen molar-refractivity contribution in [1.82, 2.24) is 5.32 Å². The average molecular weight is 202 g/mol. The first-order valence-electron chi connectivity index (χ1n) is 5.27. The zero-order chi connectivity index (χ0) is 10.7. The zero-order valence-corrected chi connectivity index (χ0v) is 8.53. The maximum atomic E-state index is 9.73. The molecular weight excluding hydrogens is 188 g/mol. The van der Waals surface area contributed by atoms with Crippen LogP contribution >= 0.6 is 0 Å². The van der Waals surface area contributed by atoms with Gasteiger partial charge in [0.05, 0.1) is 11.6 Å². The lowest BCUT2D eigenvalue weighted by molar-refractivity contribution is 0.391. The van der Waals surface area contributed by atoms with E-state index in [1.54, 1.807) is 18.2 Å². The molecular formula is C12H14N2O. The number of phenols is 1. The van der Waals surface area contributed by atoms with Gasteiger partial charge in [0.2, 0.25) is 0 Å². The van der Waals surface area contributed by atoms with Gasteiger partial charge in [-0.25, -0.2) is 0 Å². The Labute approximate surface area is 89.4 Å². The lowest BCUT2D eigenvalue weighted by Crippen LogP contribution is -2.26. The molecule has 1 atom stereocenters. The van der Waals surface area contributed by atoms with Gasteiger partial charge in [-0.2, -0.15) is 5.26 Å². The maximum Gasteiger partial charge on any atom is 0.120 e. The summed E-state index contributed by atoms with van der Waals surface area (Å²) >= 11 is 0. The van der Waals surface area contributed by atoms with Gasteiger partial charge in [-0.3, -0.25) is 0 Å². The van der Waals surface area contributed by atoms with Gasteiger partial charge in [0.15, 0.2) is 0 Å². The number of hydrogen-bond acceptors (Lipinski definition) is 3. The molecule has 78 valence electrons. The van der Waals surface area contributed by atoms with Gasteiger partial charge in [0.25, 0.3) is 0 Å². The monoisotopic (exact) mass is 202 g/mol. The molecule has 3 nitrogen and oxygen atoms in total. The Bertz CT molecular complexity index is 389. The van der Waals surface area contributed by atoms with Crippen molar-refractivity contribution in [2.75, 3.05) is 6.54 Å². The minimum absolute atomic E-state index is 0.201. The molecule has 1 saturated heterocycles. The van der Waals surface area contributed by atoms with Crippen molar-refractivity contribution in [3.05, 3.63) is 29.3 Å². The van der Waals surface area contributed by atoms with Crippen LogP contribution in [0.3, 0.4) is 0 Å². The standard InChI is InChI=1S/C12H14N2O/c13-8-9-4-5-12(15)10(7-9)11-3-1-2-6-14-11/h4-5,7,11,14-15H,1-3,6H2/t11-/m1/s1.